The Morgan fingerprint density at radius 2 is 0.625 bits per heavy atom. The average Bonchev–Trinajstić information content (AvgIpc) is 2.59. The van der Waals surface area contributed by atoms with Crippen molar-refractivity contribution in [2.24, 2.45) is 0 Å². The molecule has 2 aromatic rings. The molecule has 0 aliphatic carbocycles. The van der Waals surface area contributed by atoms with Crippen molar-refractivity contribution in [3.63, 3.8) is 0 Å². The van der Waals surface area contributed by atoms with Crippen LogP contribution >= 0.6 is 0 Å². The molecule has 116 valence electrons. The van der Waals surface area contributed by atoms with Gasteiger partial charge in [0.1, 0.15) is 24.3 Å². The summed E-state index contributed by atoms with van der Waals surface area (Å²) in [5, 5.41) is 34.2. The molecule has 0 spiro atoms. The highest BCUT2D eigenvalue weighted by atomic mass is 14.8. The van der Waals surface area contributed by atoms with E-state index >= 15 is 0 Å². The third-order valence-electron chi connectivity index (χ3n) is 3.04. The first-order chi connectivity index (χ1) is 11.4. The molecule has 2 aromatic heterocycles. The molecule has 0 saturated heterocycles. The van der Waals surface area contributed by atoms with Crippen molar-refractivity contribution in [2.45, 2.75) is 27.7 Å². The van der Waals surface area contributed by atoms with E-state index in [1.807, 2.05) is 24.3 Å². The number of aryl methyl sites for hydroxylation is 4. The van der Waals surface area contributed by atoms with Crippen LogP contribution in [-0.2, 0) is 0 Å². The predicted octanol–water partition coefficient (Wildman–Crippen LogP) is 1.67. The maximum absolute atomic E-state index is 8.56. The van der Waals surface area contributed by atoms with E-state index in [1.54, 1.807) is 27.7 Å². The van der Waals surface area contributed by atoms with Gasteiger partial charge in [0, 0.05) is 0 Å². The predicted molar refractivity (Wildman–Crippen MR) is 81.9 cm³/mol. The summed E-state index contributed by atoms with van der Waals surface area (Å²) >= 11 is 0. The van der Waals surface area contributed by atoms with Crippen molar-refractivity contribution >= 4 is 0 Å². The Morgan fingerprint density at radius 1 is 0.458 bits per heavy atom. The van der Waals surface area contributed by atoms with E-state index in [1.165, 1.54) is 0 Å². The number of nitriles is 4. The van der Waals surface area contributed by atoms with E-state index in [9.17, 15) is 0 Å². The third-order valence-corrected chi connectivity index (χ3v) is 3.04. The van der Waals surface area contributed by atoms with Gasteiger partial charge in [0.05, 0.1) is 22.8 Å². The number of rotatable bonds is 0. The highest BCUT2D eigenvalue weighted by Crippen LogP contribution is 2.06. The Morgan fingerprint density at radius 3 is 0.750 bits per heavy atom. The topological polar surface area (TPSA) is 147 Å². The highest BCUT2D eigenvalue weighted by molar-refractivity contribution is 5.37. The molecule has 0 bridgehead atoms. The zero-order valence-corrected chi connectivity index (χ0v) is 13.6. The second-order valence-corrected chi connectivity index (χ2v) is 4.63. The van der Waals surface area contributed by atoms with E-state index in [0.717, 1.165) is 0 Å². The number of nitrogens with zero attached hydrogens (tertiary/aromatic N) is 8. The van der Waals surface area contributed by atoms with Gasteiger partial charge in [-0.2, -0.15) is 21.0 Å². The smallest absolute Gasteiger partial charge is 0.177 e. The monoisotopic (exact) mass is 316 g/mol. The van der Waals surface area contributed by atoms with E-state index in [2.05, 4.69) is 19.9 Å². The van der Waals surface area contributed by atoms with E-state index in [4.69, 9.17) is 21.0 Å². The minimum Gasteiger partial charge on any atom is -0.238 e. The van der Waals surface area contributed by atoms with Crippen molar-refractivity contribution in [2.75, 3.05) is 0 Å². The van der Waals surface area contributed by atoms with Crippen LogP contribution in [0, 0.1) is 73.0 Å². The fraction of sp³-hybridized carbons (Fsp3) is 0.250. The fourth-order valence-corrected chi connectivity index (χ4v) is 1.52. The molecule has 0 aromatic carbocycles. The molecule has 0 radical (unpaired) electrons. The molecular weight excluding hydrogens is 304 g/mol. The summed E-state index contributed by atoms with van der Waals surface area (Å²) in [6, 6.07) is 7.27. The summed E-state index contributed by atoms with van der Waals surface area (Å²) in [6.07, 6.45) is 0. The molecule has 0 N–H and O–H groups in total. The Labute approximate surface area is 139 Å². The summed E-state index contributed by atoms with van der Waals surface area (Å²) in [7, 11) is 0. The number of hydrogen-bond donors (Lipinski definition) is 0. The van der Waals surface area contributed by atoms with Crippen molar-refractivity contribution in [3.05, 3.63) is 45.6 Å². The maximum Gasteiger partial charge on any atom is 0.177 e. The molecular formula is C16H12N8. The van der Waals surface area contributed by atoms with Crippen LogP contribution in [0.1, 0.15) is 45.6 Å². The molecule has 0 amide bonds. The van der Waals surface area contributed by atoms with Crippen molar-refractivity contribution in [3.8, 4) is 24.3 Å². The quantitative estimate of drug-likeness (QED) is 0.712. The Hall–Kier alpha value is -3.88. The number of hydrogen-bond acceptors (Lipinski definition) is 8. The molecule has 8 heteroatoms. The Bertz CT molecular complexity index is 791. The first-order valence-corrected chi connectivity index (χ1v) is 6.68. The normalized spacial score (nSPS) is 8.67. The van der Waals surface area contributed by atoms with Gasteiger partial charge < -0.3 is 0 Å². The lowest BCUT2D eigenvalue weighted by Crippen LogP contribution is -1.99. The molecule has 0 aliphatic rings. The minimum absolute atomic E-state index is 0.0978. The van der Waals surface area contributed by atoms with Crippen LogP contribution in [0.3, 0.4) is 0 Å². The summed E-state index contributed by atoms with van der Waals surface area (Å²) < 4.78 is 0. The second kappa shape index (κ2) is 7.94. The molecule has 0 fully saturated rings. The van der Waals surface area contributed by atoms with Gasteiger partial charge in [0.2, 0.25) is 0 Å². The van der Waals surface area contributed by atoms with Crippen LogP contribution in [0.25, 0.3) is 0 Å². The van der Waals surface area contributed by atoms with Crippen molar-refractivity contribution < 1.29 is 0 Å². The van der Waals surface area contributed by atoms with Gasteiger partial charge in [-0.3, -0.25) is 0 Å². The lowest BCUT2D eigenvalue weighted by Gasteiger charge is -1.98. The molecule has 0 aliphatic heterocycles. The lowest BCUT2D eigenvalue weighted by molar-refractivity contribution is 1.01. The van der Waals surface area contributed by atoms with Gasteiger partial charge in [0.25, 0.3) is 0 Å². The molecule has 2 heterocycles. The fourth-order valence-electron chi connectivity index (χ4n) is 1.52. The van der Waals surface area contributed by atoms with Gasteiger partial charge in [-0.1, -0.05) is 0 Å². The summed E-state index contributed by atoms with van der Waals surface area (Å²) in [4.78, 5) is 15.7. The standard InChI is InChI=1S/2C8H6N4/c2*1-5-6(2)12-8(4-10)7(3-9)11-5/h2*1-2H3. The average molecular weight is 316 g/mol. The van der Waals surface area contributed by atoms with Crippen LogP contribution in [0.4, 0.5) is 0 Å². The summed E-state index contributed by atoms with van der Waals surface area (Å²) in [5.74, 6) is 0. The minimum atomic E-state index is 0.0978. The zero-order chi connectivity index (χ0) is 18.3. The molecule has 0 atom stereocenters. The van der Waals surface area contributed by atoms with Crippen LogP contribution in [0.15, 0.2) is 0 Å². The Balaban J connectivity index is 0.000000240. The van der Waals surface area contributed by atoms with E-state index in [-0.39, 0.29) is 22.8 Å². The first-order valence-electron chi connectivity index (χ1n) is 6.68. The van der Waals surface area contributed by atoms with Crippen molar-refractivity contribution in [1.29, 1.82) is 21.0 Å². The van der Waals surface area contributed by atoms with Gasteiger partial charge in [-0.05, 0) is 27.7 Å². The SMILES string of the molecule is Cc1nc(C#N)c(C#N)nc1C.Cc1nc(C#N)c(C#N)nc1C. The molecule has 0 unspecified atom stereocenters. The van der Waals surface area contributed by atoms with Crippen LogP contribution in [-0.4, -0.2) is 19.9 Å². The van der Waals surface area contributed by atoms with Crippen molar-refractivity contribution in [1.82, 2.24) is 19.9 Å². The largest absolute Gasteiger partial charge is 0.238 e. The van der Waals surface area contributed by atoms with E-state index in [0.29, 0.717) is 22.8 Å². The lowest BCUT2D eigenvalue weighted by atomic mass is 10.3. The zero-order valence-electron chi connectivity index (χ0n) is 13.6. The maximum atomic E-state index is 8.56. The van der Waals surface area contributed by atoms with Gasteiger partial charge in [-0.25, -0.2) is 19.9 Å². The third kappa shape index (κ3) is 4.07. The van der Waals surface area contributed by atoms with Crippen LogP contribution < -0.4 is 0 Å². The number of aromatic nitrogens is 4. The highest BCUT2D eigenvalue weighted by Gasteiger charge is 2.07. The molecule has 0 saturated carbocycles. The van der Waals surface area contributed by atoms with Crippen LogP contribution in [0.2, 0.25) is 0 Å². The van der Waals surface area contributed by atoms with Gasteiger partial charge in [-0.15, -0.1) is 0 Å². The Kier molecular flexibility index (Phi) is 6.01. The molecule has 8 nitrogen and oxygen atoms in total. The van der Waals surface area contributed by atoms with Gasteiger partial charge in [0.15, 0.2) is 22.8 Å². The van der Waals surface area contributed by atoms with E-state index < -0.39 is 0 Å². The first kappa shape index (κ1) is 18.2. The summed E-state index contributed by atoms with van der Waals surface area (Å²) in [6.45, 7) is 7.02. The molecule has 24 heavy (non-hydrogen) atoms. The van der Waals surface area contributed by atoms with Gasteiger partial charge >= 0.3 is 0 Å². The summed E-state index contributed by atoms with van der Waals surface area (Å²) in [5.41, 5.74) is 3.13. The second-order valence-electron chi connectivity index (χ2n) is 4.63. The van der Waals surface area contributed by atoms with Crippen LogP contribution in [0.5, 0.6) is 0 Å². The molecule has 2 rings (SSSR count).